The monoisotopic (exact) mass is 381 g/mol. The highest BCUT2D eigenvalue weighted by atomic mass is 79.9. The number of hydrogen-bond donors (Lipinski definition) is 0. The molecule has 3 aromatic rings. The molecule has 6 nitrogen and oxygen atoms in total. The molecule has 2 aromatic heterocycles. The third-order valence-electron chi connectivity index (χ3n) is 4.14. The lowest BCUT2D eigenvalue weighted by atomic mass is 9.97. The number of hydrogen-bond acceptors (Lipinski definition) is 4. The third kappa shape index (κ3) is 2.55. The van der Waals surface area contributed by atoms with E-state index >= 15 is 0 Å². The van der Waals surface area contributed by atoms with Gasteiger partial charge in [0.05, 0.1) is 16.1 Å². The summed E-state index contributed by atoms with van der Waals surface area (Å²) in [6.07, 6.45) is 4.22. The largest absolute Gasteiger partial charge is 0.333 e. The molecule has 1 aromatic carbocycles. The van der Waals surface area contributed by atoms with Gasteiger partial charge in [0, 0.05) is 31.5 Å². The van der Waals surface area contributed by atoms with E-state index in [1.54, 1.807) is 27.9 Å². The van der Waals surface area contributed by atoms with E-state index in [1.807, 2.05) is 18.2 Å². The first kappa shape index (κ1) is 14.8. The molecule has 24 heavy (non-hydrogen) atoms. The Bertz CT molecular complexity index is 1000. The second-order valence-corrected chi connectivity index (χ2v) is 6.59. The van der Waals surface area contributed by atoms with Gasteiger partial charge in [0.2, 0.25) is 0 Å². The average molecular weight is 382 g/mol. The maximum absolute atomic E-state index is 12.8. The number of carbonyl (C=O) groups excluding carboxylic acids is 1. The molecule has 0 aliphatic carbocycles. The van der Waals surface area contributed by atoms with E-state index in [-0.39, 0.29) is 5.91 Å². The molecule has 0 unspecified atom stereocenters. The fraction of sp³-hybridized carbons (Fsp3) is 0.176. The van der Waals surface area contributed by atoms with Crippen LogP contribution in [0.5, 0.6) is 0 Å². The summed E-state index contributed by atoms with van der Waals surface area (Å²) >= 11 is 3.34. The minimum atomic E-state index is -0.121. The predicted molar refractivity (Wildman–Crippen MR) is 90.3 cm³/mol. The lowest BCUT2D eigenvalue weighted by Gasteiger charge is -2.28. The number of fused-ring (bicyclic) bond motifs is 2. The molecule has 0 saturated carbocycles. The Hall–Kier alpha value is -2.72. The van der Waals surface area contributed by atoms with Crippen LogP contribution in [0.1, 0.15) is 27.2 Å². The van der Waals surface area contributed by atoms with Crippen LogP contribution in [0, 0.1) is 11.3 Å². The highest BCUT2D eigenvalue weighted by molar-refractivity contribution is 9.10. The van der Waals surface area contributed by atoms with E-state index in [0.29, 0.717) is 30.0 Å². The average Bonchev–Trinajstić information content (AvgIpc) is 3.03. The molecule has 1 aliphatic rings. The molecular weight excluding hydrogens is 370 g/mol. The van der Waals surface area contributed by atoms with E-state index in [9.17, 15) is 4.79 Å². The second kappa shape index (κ2) is 5.73. The summed E-state index contributed by atoms with van der Waals surface area (Å²) in [5.41, 5.74) is 3.84. The Balaban J connectivity index is 1.63. The molecule has 118 valence electrons. The lowest BCUT2D eigenvalue weighted by molar-refractivity contribution is 0.0728. The molecule has 0 atom stereocenters. The minimum Gasteiger partial charge on any atom is -0.333 e. The topological polar surface area (TPSA) is 74.3 Å². The van der Waals surface area contributed by atoms with Crippen molar-refractivity contribution in [3.63, 3.8) is 0 Å². The first-order chi connectivity index (χ1) is 11.6. The zero-order valence-corrected chi connectivity index (χ0v) is 14.2. The fourth-order valence-corrected chi connectivity index (χ4v) is 3.22. The van der Waals surface area contributed by atoms with Crippen molar-refractivity contribution < 1.29 is 4.79 Å². The summed E-state index contributed by atoms with van der Waals surface area (Å²) in [5.74, 6) is -0.121. The van der Waals surface area contributed by atoms with Crippen LogP contribution in [-0.2, 0) is 13.0 Å². The maximum atomic E-state index is 12.8. The van der Waals surface area contributed by atoms with Crippen LogP contribution in [-0.4, -0.2) is 31.9 Å². The van der Waals surface area contributed by atoms with E-state index in [0.717, 1.165) is 16.5 Å². The van der Waals surface area contributed by atoms with Crippen LogP contribution in [0.15, 0.2) is 41.1 Å². The standard InChI is InChI=1S/C17H12BrN5O/c18-14-8-20-16-6-15(21-23(16)10-14)17(24)22-4-3-12-2-1-11(7-19)5-13(12)9-22/h1-2,5-6,8,10H,3-4,9H2. The van der Waals surface area contributed by atoms with Gasteiger partial charge in [0.1, 0.15) is 0 Å². The minimum absolute atomic E-state index is 0.121. The zero-order valence-electron chi connectivity index (χ0n) is 12.6. The Morgan fingerprint density at radius 1 is 1.29 bits per heavy atom. The van der Waals surface area contributed by atoms with Crippen molar-refractivity contribution in [1.29, 1.82) is 5.26 Å². The summed E-state index contributed by atoms with van der Waals surface area (Å²) in [6, 6.07) is 9.49. The fourth-order valence-electron chi connectivity index (χ4n) is 2.92. The Kier molecular flexibility index (Phi) is 3.54. The van der Waals surface area contributed by atoms with Gasteiger partial charge in [-0.15, -0.1) is 0 Å². The van der Waals surface area contributed by atoms with E-state index in [4.69, 9.17) is 5.26 Å². The van der Waals surface area contributed by atoms with E-state index in [2.05, 4.69) is 32.1 Å². The number of nitriles is 1. The number of carbonyl (C=O) groups is 1. The summed E-state index contributed by atoms with van der Waals surface area (Å²) < 4.78 is 2.39. The van der Waals surface area contributed by atoms with Gasteiger partial charge in [-0.2, -0.15) is 10.4 Å². The van der Waals surface area contributed by atoms with Crippen molar-refractivity contribution in [2.75, 3.05) is 6.54 Å². The molecule has 0 spiro atoms. The normalized spacial score (nSPS) is 13.6. The number of nitrogens with zero attached hydrogens (tertiary/aromatic N) is 5. The predicted octanol–water partition coefficient (Wildman–Crippen LogP) is 2.56. The van der Waals surface area contributed by atoms with Crippen molar-refractivity contribution >= 4 is 27.5 Å². The Morgan fingerprint density at radius 3 is 3.00 bits per heavy atom. The Labute approximate surface area is 146 Å². The van der Waals surface area contributed by atoms with Gasteiger partial charge in [-0.05, 0) is 45.6 Å². The van der Waals surface area contributed by atoms with Crippen LogP contribution in [0.4, 0.5) is 0 Å². The zero-order chi connectivity index (χ0) is 16.7. The van der Waals surface area contributed by atoms with Gasteiger partial charge in [0.15, 0.2) is 11.3 Å². The molecule has 0 saturated heterocycles. The summed E-state index contributed by atoms with van der Waals surface area (Å²) in [5, 5.41) is 13.4. The molecular formula is C17H12BrN5O. The first-order valence-corrected chi connectivity index (χ1v) is 8.25. The van der Waals surface area contributed by atoms with Crippen LogP contribution < -0.4 is 0 Å². The van der Waals surface area contributed by atoms with E-state index in [1.165, 1.54) is 5.56 Å². The van der Waals surface area contributed by atoms with Crippen LogP contribution in [0.2, 0.25) is 0 Å². The summed E-state index contributed by atoms with van der Waals surface area (Å²) in [6.45, 7) is 1.14. The number of amides is 1. The SMILES string of the molecule is N#Cc1ccc2c(c1)CN(C(=O)c1cc3ncc(Br)cn3n1)CC2. The van der Waals surface area contributed by atoms with Crippen LogP contribution in [0.25, 0.3) is 5.65 Å². The van der Waals surface area contributed by atoms with Gasteiger partial charge in [-0.3, -0.25) is 4.79 Å². The van der Waals surface area contributed by atoms with Gasteiger partial charge in [-0.25, -0.2) is 9.50 Å². The summed E-state index contributed by atoms with van der Waals surface area (Å²) in [7, 11) is 0. The van der Waals surface area contributed by atoms with E-state index < -0.39 is 0 Å². The molecule has 0 radical (unpaired) electrons. The molecule has 0 fully saturated rings. The summed E-state index contributed by atoms with van der Waals surface area (Å²) in [4.78, 5) is 18.8. The highest BCUT2D eigenvalue weighted by Gasteiger charge is 2.24. The number of benzene rings is 1. The second-order valence-electron chi connectivity index (χ2n) is 5.68. The molecule has 3 heterocycles. The highest BCUT2D eigenvalue weighted by Crippen LogP contribution is 2.22. The molecule has 0 bridgehead atoms. The molecule has 0 N–H and O–H groups in total. The molecule has 7 heteroatoms. The van der Waals surface area contributed by atoms with Crippen molar-refractivity contribution in [3.8, 4) is 6.07 Å². The lowest BCUT2D eigenvalue weighted by Crippen LogP contribution is -2.36. The van der Waals surface area contributed by atoms with Crippen molar-refractivity contribution in [2.45, 2.75) is 13.0 Å². The van der Waals surface area contributed by atoms with Crippen molar-refractivity contribution in [2.24, 2.45) is 0 Å². The van der Waals surface area contributed by atoms with Gasteiger partial charge in [0.25, 0.3) is 5.91 Å². The van der Waals surface area contributed by atoms with Crippen LogP contribution in [0.3, 0.4) is 0 Å². The van der Waals surface area contributed by atoms with Gasteiger partial charge < -0.3 is 4.90 Å². The molecule has 4 rings (SSSR count). The number of aromatic nitrogens is 3. The smallest absolute Gasteiger partial charge is 0.274 e. The third-order valence-corrected chi connectivity index (χ3v) is 4.55. The van der Waals surface area contributed by atoms with Crippen molar-refractivity contribution in [1.82, 2.24) is 19.5 Å². The molecule has 1 amide bonds. The van der Waals surface area contributed by atoms with Gasteiger partial charge >= 0.3 is 0 Å². The quantitative estimate of drug-likeness (QED) is 0.649. The number of rotatable bonds is 1. The van der Waals surface area contributed by atoms with Crippen LogP contribution >= 0.6 is 15.9 Å². The number of halogens is 1. The maximum Gasteiger partial charge on any atom is 0.274 e. The Morgan fingerprint density at radius 2 is 2.17 bits per heavy atom. The first-order valence-electron chi connectivity index (χ1n) is 7.46. The molecule has 1 aliphatic heterocycles. The van der Waals surface area contributed by atoms with Crippen molar-refractivity contribution in [3.05, 3.63) is 63.5 Å². The van der Waals surface area contributed by atoms with Gasteiger partial charge in [-0.1, -0.05) is 6.07 Å².